The molecule has 0 aromatic heterocycles. The highest BCUT2D eigenvalue weighted by atomic mass is 32.2. The molecule has 0 heterocycles. The van der Waals surface area contributed by atoms with Crippen molar-refractivity contribution in [3.05, 3.63) is 29.8 Å². The van der Waals surface area contributed by atoms with E-state index >= 15 is 0 Å². The van der Waals surface area contributed by atoms with Crippen molar-refractivity contribution in [2.45, 2.75) is 44.0 Å². The van der Waals surface area contributed by atoms with Crippen LogP contribution in [0.25, 0.3) is 0 Å². The van der Waals surface area contributed by atoms with Gasteiger partial charge >= 0.3 is 5.97 Å². The number of carboxylic acids is 1. The van der Waals surface area contributed by atoms with Crippen molar-refractivity contribution in [3.63, 3.8) is 0 Å². The van der Waals surface area contributed by atoms with Gasteiger partial charge in [0, 0.05) is 0 Å². The Balaban J connectivity index is 2.90. The molecule has 1 aromatic carbocycles. The maximum absolute atomic E-state index is 12.0. The van der Waals surface area contributed by atoms with E-state index in [0.29, 0.717) is 5.56 Å². The molecule has 1 amide bonds. The van der Waals surface area contributed by atoms with Gasteiger partial charge in [-0.15, -0.1) is 0 Å². The number of benzene rings is 1. The zero-order valence-corrected chi connectivity index (χ0v) is 13.7. The van der Waals surface area contributed by atoms with Gasteiger partial charge in [-0.1, -0.05) is 26.0 Å². The molecule has 0 spiro atoms. The van der Waals surface area contributed by atoms with Gasteiger partial charge in [0.2, 0.25) is 5.91 Å². The molecular formula is C15H21NO5S. The molecule has 6 nitrogen and oxygen atoms in total. The summed E-state index contributed by atoms with van der Waals surface area (Å²) in [5.41, 5.74) is -0.805. The van der Waals surface area contributed by atoms with Crippen molar-refractivity contribution in [2.24, 2.45) is 0 Å². The van der Waals surface area contributed by atoms with Crippen molar-refractivity contribution in [3.8, 4) is 0 Å². The average molecular weight is 327 g/mol. The summed E-state index contributed by atoms with van der Waals surface area (Å²) in [5, 5.41) is 11.6. The number of aliphatic carboxylic acids is 1. The maximum atomic E-state index is 12.0. The van der Waals surface area contributed by atoms with Crippen LogP contribution in [0.3, 0.4) is 0 Å². The van der Waals surface area contributed by atoms with Crippen LogP contribution in [0.4, 0.5) is 0 Å². The first kappa shape index (κ1) is 18.2. The molecule has 122 valence electrons. The van der Waals surface area contributed by atoms with Gasteiger partial charge in [-0.3, -0.25) is 4.79 Å². The van der Waals surface area contributed by atoms with E-state index in [1.165, 1.54) is 19.1 Å². The van der Waals surface area contributed by atoms with Crippen LogP contribution in [0.1, 0.15) is 32.8 Å². The normalized spacial score (nSPS) is 14.1. The standard InChI is InChI=1S/C15H21NO5S/c1-4-15(3,14(18)19)16-13(17)10-11-7-6-8-12(9-11)22(20,21)5-2/h6-9H,4-5,10H2,1-3H3,(H,16,17)(H,18,19). The maximum Gasteiger partial charge on any atom is 0.329 e. The third-order valence-corrected chi connectivity index (χ3v) is 5.33. The SMILES string of the molecule is CCC(C)(NC(=O)Cc1cccc(S(=O)(=O)CC)c1)C(=O)O. The summed E-state index contributed by atoms with van der Waals surface area (Å²) < 4.78 is 23.7. The van der Waals surface area contributed by atoms with Crippen LogP contribution in [-0.2, 0) is 25.8 Å². The lowest BCUT2D eigenvalue weighted by Gasteiger charge is -2.24. The van der Waals surface area contributed by atoms with E-state index in [9.17, 15) is 18.0 Å². The molecule has 22 heavy (non-hydrogen) atoms. The van der Waals surface area contributed by atoms with Gasteiger partial charge in [0.15, 0.2) is 9.84 Å². The first-order valence-corrected chi connectivity index (χ1v) is 8.66. The second kappa shape index (κ2) is 6.91. The average Bonchev–Trinajstić information content (AvgIpc) is 2.47. The number of amides is 1. The second-order valence-electron chi connectivity index (χ2n) is 5.27. The van der Waals surface area contributed by atoms with Crippen LogP contribution in [0.2, 0.25) is 0 Å². The number of hydrogen-bond donors (Lipinski definition) is 2. The van der Waals surface area contributed by atoms with E-state index < -0.39 is 27.3 Å². The predicted molar refractivity (Wildman–Crippen MR) is 82.3 cm³/mol. The van der Waals surface area contributed by atoms with Crippen LogP contribution >= 0.6 is 0 Å². The minimum atomic E-state index is -3.34. The molecule has 1 aromatic rings. The van der Waals surface area contributed by atoms with E-state index in [4.69, 9.17) is 5.11 Å². The summed E-state index contributed by atoms with van der Waals surface area (Å²) in [4.78, 5) is 23.3. The third-order valence-electron chi connectivity index (χ3n) is 3.60. The number of nitrogens with one attached hydrogen (secondary N) is 1. The van der Waals surface area contributed by atoms with Crippen LogP contribution in [0.15, 0.2) is 29.2 Å². The molecule has 0 bridgehead atoms. The number of carboxylic acid groups (broad SMARTS) is 1. The summed E-state index contributed by atoms with van der Waals surface area (Å²) in [5.74, 6) is -1.58. The zero-order valence-electron chi connectivity index (χ0n) is 12.9. The van der Waals surface area contributed by atoms with Gasteiger partial charge < -0.3 is 10.4 Å². The fourth-order valence-corrected chi connectivity index (χ4v) is 2.80. The Morgan fingerprint density at radius 3 is 2.41 bits per heavy atom. The van der Waals surface area contributed by atoms with Gasteiger partial charge in [0.25, 0.3) is 0 Å². The van der Waals surface area contributed by atoms with Crippen LogP contribution in [0, 0.1) is 0 Å². The minimum absolute atomic E-state index is 0.0183. The number of sulfone groups is 1. The smallest absolute Gasteiger partial charge is 0.329 e. The van der Waals surface area contributed by atoms with E-state index in [1.54, 1.807) is 26.0 Å². The molecule has 0 saturated heterocycles. The Kier molecular flexibility index (Phi) is 5.71. The summed E-state index contributed by atoms with van der Waals surface area (Å²) in [6.07, 6.45) is 0.175. The molecule has 2 N–H and O–H groups in total. The van der Waals surface area contributed by atoms with Crippen molar-refractivity contribution >= 4 is 21.7 Å². The highest BCUT2D eigenvalue weighted by Crippen LogP contribution is 2.15. The Morgan fingerprint density at radius 1 is 1.27 bits per heavy atom. The molecule has 0 aliphatic heterocycles. The lowest BCUT2D eigenvalue weighted by atomic mass is 9.98. The third kappa shape index (κ3) is 4.30. The van der Waals surface area contributed by atoms with Crippen molar-refractivity contribution < 1.29 is 23.1 Å². The monoisotopic (exact) mass is 327 g/mol. The van der Waals surface area contributed by atoms with Gasteiger partial charge in [-0.25, -0.2) is 13.2 Å². The summed E-state index contributed by atoms with van der Waals surface area (Å²) in [7, 11) is -3.34. The highest BCUT2D eigenvalue weighted by molar-refractivity contribution is 7.91. The van der Waals surface area contributed by atoms with Gasteiger partial charge in [-0.05, 0) is 31.0 Å². The largest absolute Gasteiger partial charge is 0.480 e. The molecule has 0 fully saturated rings. The second-order valence-corrected chi connectivity index (χ2v) is 7.54. The number of carbonyl (C=O) groups is 2. The zero-order chi connectivity index (χ0) is 17.0. The van der Waals surface area contributed by atoms with E-state index in [2.05, 4.69) is 5.32 Å². The topological polar surface area (TPSA) is 101 Å². The lowest BCUT2D eigenvalue weighted by molar-refractivity contribution is -0.146. The molecular weight excluding hydrogens is 306 g/mol. The fraction of sp³-hybridized carbons (Fsp3) is 0.467. The highest BCUT2D eigenvalue weighted by Gasteiger charge is 2.32. The quantitative estimate of drug-likeness (QED) is 0.788. The Labute approximate surface area is 130 Å². The van der Waals surface area contributed by atoms with Crippen molar-refractivity contribution in [1.82, 2.24) is 5.32 Å². The van der Waals surface area contributed by atoms with Crippen molar-refractivity contribution in [2.75, 3.05) is 5.75 Å². The molecule has 0 saturated carbocycles. The lowest BCUT2D eigenvalue weighted by Crippen LogP contribution is -2.52. The van der Waals surface area contributed by atoms with E-state index in [0.717, 1.165) is 0 Å². The molecule has 0 aliphatic carbocycles. The first-order valence-electron chi connectivity index (χ1n) is 7.00. The van der Waals surface area contributed by atoms with Crippen molar-refractivity contribution in [1.29, 1.82) is 0 Å². The molecule has 0 aliphatic rings. The number of hydrogen-bond acceptors (Lipinski definition) is 4. The van der Waals surface area contributed by atoms with E-state index in [-0.39, 0.29) is 23.5 Å². The molecule has 1 rings (SSSR count). The fourth-order valence-electron chi connectivity index (χ4n) is 1.85. The predicted octanol–water partition coefficient (Wildman–Crippen LogP) is 1.39. The van der Waals surface area contributed by atoms with Crippen LogP contribution in [0.5, 0.6) is 0 Å². The summed E-state index contributed by atoms with van der Waals surface area (Å²) in [6.45, 7) is 4.66. The Hall–Kier alpha value is -1.89. The Bertz CT molecular complexity index is 668. The van der Waals surface area contributed by atoms with Gasteiger partial charge in [0.05, 0.1) is 17.1 Å². The van der Waals surface area contributed by atoms with Crippen LogP contribution in [-0.4, -0.2) is 36.7 Å². The number of carbonyl (C=O) groups excluding carboxylic acids is 1. The number of rotatable bonds is 7. The molecule has 1 unspecified atom stereocenters. The molecule has 1 atom stereocenters. The Morgan fingerprint density at radius 2 is 1.91 bits per heavy atom. The van der Waals surface area contributed by atoms with E-state index in [1.807, 2.05) is 0 Å². The summed E-state index contributed by atoms with van der Waals surface area (Å²) in [6, 6.07) is 6.13. The first-order chi connectivity index (χ1) is 10.1. The molecule has 7 heteroatoms. The molecule has 0 radical (unpaired) electrons. The van der Waals surface area contributed by atoms with Gasteiger partial charge in [0.1, 0.15) is 5.54 Å². The summed E-state index contributed by atoms with van der Waals surface area (Å²) >= 11 is 0. The van der Waals surface area contributed by atoms with Crippen LogP contribution < -0.4 is 5.32 Å². The minimum Gasteiger partial charge on any atom is -0.480 e. The van der Waals surface area contributed by atoms with Gasteiger partial charge in [-0.2, -0.15) is 0 Å².